The lowest BCUT2D eigenvalue weighted by molar-refractivity contribution is 0.0176. The number of nitrogens with two attached hydrogens (primary N) is 1. The summed E-state index contributed by atoms with van der Waals surface area (Å²) in [5, 5.41) is 4.17. The maximum atomic E-state index is 12.0. The van der Waals surface area contributed by atoms with E-state index < -0.39 is 5.91 Å². The van der Waals surface area contributed by atoms with E-state index in [2.05, 4.69) is 15.3 Å². The first kappa shape index (κ1) is 18.0. The summed E-state index contributed by atoms with van der Waals surface area (Å²) in [5.41, 5.74) is 7.12. The van der Waals surface area contributed by atoms with E-state index in [0.717, 1.165) is 5.39 Å². The Morgan fingerprint density at radius 2 is 2.31 bits per heavy atom. The minimum atomic E-state index is -0.555. The quantitative estimate of drug-likeness (QED) is 0.738. The van der Waals surface area contributed by atoms with Crippen LogP contribution in [-0.4, -0.2) is 65.8 Å². The van der Waals surface area contributed by atoms with Crippen molar-refractivity contribution in [1.82, 2.24) is 14.9 Å². The van der Waals surface area contributed by atoms with Crippen LogP contribution in [0.2, 0.25) is 0 Å². The molecule has 9 nitrogen and oxygen atoms in total. The third-order valence-corrected chi connectivity index (χ3v) is 4.57. The number of carbonyl (C=O) groups is 2. The Labute approximate surface area is 150 Å². The van der Waals surface area contributed by atoms with Gasteiger partial charge in [0, 0.05) is 31.4 Å². The largest absolute Gasteiger partial charge is 0.450 e. The van der Waals surface area contributed by atoms with Crippen LogP contribution in [0.4, 0.5) is 10.5 Å². The number of likely N-dealkylation sites (tertiary alicyclic amines) is 1. The van der Waals surface area contributed by atoms with Crippen molar-refractivity contribution < 1.29 is 19.1 Å². The molecule has 0 aliphatic carbocycles. The van der Waals surface area contributed by atoms with Gasteiger partial charge >= 0.3 is 6.09 Å². The number of hydrogen-bond donors (Lipinski definition) is 3. The second-order valence-electron chi connectivity index (χ2n) is 6.11. The van der Waals surface area contributed by atoms with E-state index in [1.807, 2.05) is 6.07 Å². The fourth-order valence-corrected chi connectivity index (χ4v) is 3.24. The molecule has 0 saturated carbocycles. The van der Waals surface area contributed by atoms with E-state index in [9.17, 15) is 9.59 Å². The Kier molecular flexibility index (Phi) is 5.27. The van der Waals surface area contributed by atoms with Crippen LogP contribution >= 0.6 is 0 Å². The van der Waals surface area contributed by atoms with Gasteiger partial charge in [-0.05, 0) is 19.4 Å². The summed E-state index contributed by atoms with van der Waals surface area (Å²) >= 11 is 0. The van der Waals surface area contributed by atoms with Crippen LogP contribution in [0, 0.1) is 0 Å². The lowest BCUT2D eigenvalue weighted by atomic mass is 10.0. The van der Waals surface area contributed by atoms with Gasteiger partial charge in [0.05, 0.1) is 36.5 Å². The van der Waals surface area contributed by atoms with Crippen LogP contribution in [0.3, 0.4) is 0 Å². The first-order valence-corrected chi connectivity index (χ1v) is 8.52. The topological polar surface area (TPSA) is 123 Å². The van der Waals surface area contributed by atoms with Gasteiger partial charge in [-0.25, -0.2) is 9.78 Å². The molecule has 3 heterocycles. The number of amides is 2. The van der Waals surface area contributed by atoms with Gasteiger partial charge in [0.2, 0.25) is 0 Å². The normalized spacial score (nSPS) is 20.2. The van der Waals surface area contributed by atoms with Gasteiger partial charge < -0.3 is 30.4 Å². The van der Waals surface area contributed by atoms with E-state index in [1.165, 1.54) is 6.20 Å². The van der Waals surface area contributed by atoms with Crippen LogP contribution in [-0.2, 0) is 9.47 Å². The number of anilines is 1. The van der Waals surface area contributed by atoms with Gasteiger partial charge in [0.25, 0.3) is 5.91 Å². The molecule has 2 aromatic heterocycles. The number of nitrogens with zero attached hydrogens (tertiary/aromatic N) is 2. The van der Waals surface area contributed by atoms with Crippen molar-refractivity contribution in [2.75, 3.05) is 32.1 Å². The molecular formula is C17H23N5O4. The minimum Gasteiger partial charge on any atom is -0.450 e. The highest BCUT2D eigenvalue weighted by Crippen LogP contribution is 2.28. The molecule has 3 rings (SSSR count). The number of H-pyrrole nitrogens is 1. The number of hydrogen-bond acceptors (Lipinski definition) is 6. The van der Waals surface area contributed by atoms with Crippen LogP contribution in [0.1, 0.15) is 23.7 Å². The number of ether oxygens (including phenoxy) is 2. The molecule has 4 N–H and O–H groups in total. The highest BCUT2D eigenvalue weighted by Gasteiger charge is 2.33. The Morgan fingerprint density at radius 1 is 1.50 bits per heavy atom. The smallest absolute Gasteiger partial charge is 0.409 e. The number of primary amides is 1. The molecule has 0 spiro atoms. The minimum absolute atomic E-state index is 0.0933. The maximum absolute atomic E-state index is 12.0. The molecule has 1 aliphatic rings. The zero-order chi connectivity index (χ0) is 18.7. The van der Waals surface area contributed by atoms with E-state index in [4.69, 9.17) is 15.2 Å². The van der Waals surface area contributed by atoms with Gasteiger partial charge in [-0.1, -0.05) is 0 Å². The average Bonchev–Trinajstić information content (AvgIpc) is 3.11. The van der Waals surface area contributed by atoms with Crippen LogP contribution in [0.15, 0.2) is 18.5 Å². The van der Waals surface area contributed by atoms with Crippen molar-refractivity contribution in [1.29, 1.82) is 0 Å². The van der Waals surface area contributed by atoms with Crippen molar-refractivity contribution in [3.05, 3.63) is 24.0 Å². The maximum Gasteiger partial charge on any atom is 0.409 e. The van der Waals surface area contributed by atoms with Crippen molar-refractivity contribution in [2.24, 2.45) is 5.73 Å². The molecule has 2 aromatic rings. The van der Waals surface area contributed by atoms with Crippen molar-refractivity contribution in [3.8, 4) is 0 Å². The molecule has 140 valence electrons. The molecule has 1 saturated heterocycles. The Bertz CT molecular complexity index is 806. The zero-order valence-corrected chi connectivity index (χ0v) is 14.8. The fraction of sp³-hybridized carbons (Fsp3) is 0.471. The zero-order valence-electron chi connectivity index (χ0n) is 14.8. The van der Waals surface area contributed by atoms with Crippen molar-refractivity contribution in [3.63, 3.8) is 0 Å². The Morgan fingerprint density at radius 3 is 3.00 bits per heavy atom. The van der Waals surface area contributed by atoms with E-state index in [1.54, 1.807) is 25.1 Å². The molecule has 0 radical (unpaired) electrons. The second kappa shape index (κ2) is 7.61. The molecular weight excluding hydrogens is 338 g/mol. The molecule has 0 unspecified atom stereocenters. The molecule has 2 atom stereocenters. The number of methoxy groups -OCH3 is 1. The van der Waals surface area contributed by atoms with Crippen LogP contribution in [0.25, 0.3) is 11.0 Å². The van der Waals surface area contributed by atoms with E-state index in [-0.39, 0.29) is 18.2 Å². The highest BCUT2D eigenvalue weighted by atomic mass is 16.6. The standard InChI is InChI=1S/C17H23N5O4/c1-3-26-17(24)22-7-5-12(13(9-22)25-2)21-14-10-4-6-19-16(10)20-8-11(14)15(18)23/h4,6,8,12-13H,3,5,7,9H2,1-2H3,(H2,18,23)(H2,19,20,21)/t12-,13+/m1/s1. The lowest BCUT2D eigenvalue weighted by Crippen LogP contribution is -2.52. The van der Waals surface area contributed by atoms with Gasteiger partial charge in [-0.15, -0.1) is 0 Å². The summed E-state index contributed by atoms with van der Waals surface area (Å²) in [6, 6.07) is 1.75. The monoisotopic (exact) mass is 361 g/mol. The van der Waals surface area contributed by atoms with Gasteiger partial charge in [-0.3, -0.25) is 4.79 Å². The fourth-order valence-electron chi connectivity index (χ4n) is 3.24. The van der Waals surface area contributed by atoms with Crippen molar-refractivity contribution in [2.45, 2.75) is 25.5 Å². The predicted molar refractivity (Wildman–Crippen MR) is 96.0 cm³/mol. The average molecular weight is 361 g/mol. The SMILES string of the molecule is CCOC(=O)N1CC[C@@H](Nc2c(C(N)=O)cnc3[nH]ccc23)[C@@H](OC)C1. The van der Waals surface area contributed by atoms with E-state index >= 15 is 0 Å². The first-order chi connectivity index (χ1) is 12.5. The van der Waals surface area contributed by atoms with Gasteiger partial charge in [-0.2, -0.15) is 0 Å². The number of aromatic amines is 1. The molecule has 1 aliphatic heterocycles. The summed E-state index contributed by atoms with van der Waals surface area (Å²) in [4.78, 5) is 32.6. The summed E-state index contributed by atoms with van der Waals surface area (Å²) in [6.45, 7) is 3.04. The first-order valence-electron chi connectivity index (χ1n) is 8.52. The predicted octanol–water partition coefficient (Wildman–Crippen LogP) is 1.32. The molecule has 26 heavy (non-hydrogen) atoms. The summed E-state index contributed by atoms with van der Waals surface area (Å²) in [7, 11) is 1.60. The third kappa shape index (κ3) is 3.43. The molecule has 0 aromatic carbocycles. The molecule has 1 fully saturated rings. The van der Waals surface area contributed by atoms with Gasteiger partial charge in [0.1, 0.15) is 5.65 Å². The highest BCUT2D eigenvalue weighted by molar-refractivity contribution is 6.06. The number of fused-ring (bicyclic) bond motifs is 1. The summed E-state index contributed by atoms with van der Waals surface area (Å²) in [5.74, 6) is -0.555. The Balaban J connectivity index is 1.84. The van der Waals surface area contributed by atoms with Crippen molar-refractivity contribution >= 4 is 28.7 Å². The number of pyridine rings is 1. The molecule has 9 heteroatoms. The number of rotatable bonds is 5. The third-order valence-electron chi connectivity index (χ3n) is 4.57. The number of aromatic nitrogens is 2. The van der Waals surface area contributed by atoms with Crippen LogP contribution in [0.5, 0.6) is 0 Å². The molecule has 0 bridgehead atoms. The van der Waals surface area contributed by atoms with Crippen LogP contribution < -0.4 is 11.1 Å². The number of piperidine rings is 1. The summed E-state index contributed by atoms with van der Waals surface area (Å²) in [6.07, 6.45) is 3.26. The Hall–Kier alpha value is -2.81. The number of nitrogens with one attached hydrogen (secondary N) is 2. The van der Waals surface area contributed by atoms with Gasteiger partial charge in [0.15, 0.2) is 0 Å². The number of carbonyl (C=O) groups excluding carboxylic acids is 2. The van der Waals surface area contributed by atoms with E-state index in [0.29, 0.717) is 43.0 Å². The lowest BCUT2D eigenvalue weighted by Gasteiger charge is -2.38. The summed E-state index contributed by atoms with van der Waals surface area (Å²) < 4.78 is 10.6. The second-order valence-corrected chi connectivity index (χ2v) is 6.11. The molecule has 2 amide bonds.